The maximum atomic E-state index is 9.06. The highest BCUT2D eigenvalue weighted by Gasteiger charge is 2.12. The Balaban J connectivity index is 2.49. The van der Waals surface area contributed by atoms with Crippen molar-refractivity contribution < 1.29 is 14.6 Å². The highest BCUT2D eigenvalue weighted by atomic mass is 32.2. The second-order valence-electron chi connectivity index (χ2n) is 3.40. The maximum Gasteiger partial charge on any atom is 0.168 e. The molecule has 0 atom stereocenters. The third-order valence-corrected chi connectivity index (χ3v) is 3.33. The van der Waals surface area contributed by atoms with E-state index in [0.717, 1.165) is 10.9 Å². The minimum atomic E-state index is -0.204. The molecule has 0 radical (unpaired) electrons. The van der Waals surface area contributed by atoms with E-state index in [4.69, 9.17) is 14.6 Å². The molecule has 1 heterocycles. The Hall–Kier alpha value is -0.560. The van der Waals surface area contributed by atoms with E-state index in [-0.39, 0.29) is 12.9 Å². The van der Waals surface area contributed by atoms with E-state index in [1.807, 2.05) is 25.5 Å². The number of aliphatic hydroxyl groups is 1. The zero-order valence-electron chi connectivity index (χ0n) is 10.5. The molecule has 0 fully saturated rings. The second kappa shape index (κ2) is 7.71. The van der Waals surface area contributed by atoms with Gasteiger partial charge in [-0.1, -0.05) is 11.8 Å². The van der Waals surface area contributed by atoms with Crippen LogP contribution in [0.2, 0.25) is 0 Å². The summed E-state index contributed by atoms with van der Waals surface area (Å²) in [5, 5.41) is 9.92. The lowest BCUT2D eigenvalue weighted by atomic mass is 10.5. The van der Waals surface area contributed by atoms with Crippen molar-refractivity contribution in [2.75, 3.05) is 19.0 Å². The van der Waals surface area contributed by atoms with Crippen LogP contribution in [0.25, 0.3) is 0 Å². The van der Waals surface area contributed by atoms with Crippen LogP contribution in [-0.4, -0.2) is 39.9 Å². The lowest BCUT2D eigenvalue weighted by Crippen LogP contribution is -2.20. The second-order valence-corrected chi connectivity index (χ2v) is 4.39. The predicted molar refractivity (Wildman–Crippen MR) is 66.9 cm³/mol. The summed E-state index contributed by atoms with van der Waals surface area (Å²) >= 11 is 1.56. The van der Waals surface area contributed by atoms with Gasteiger partial charge in [0.2, 0.25) is 0 Å². The first-order chi connectivity index (χ1) is 8.22. The molecular weight excluding hydrogens is 240 g/mol. The van der Waals surface area contributed by atoms with Gasteiger partial charge in [0, 0.05) is 20.3 Å². The lowest BCUT2D eigenvalue weighted by Gasteiger charge is -2.16. The molecule has 0 aromatic carbocycles. The molecule has 17 heavy (non-hydrogen) atoms. The Morgan fingerprint density at radius 1 is 1.41 bits per heavy atom. The first-order valence-corrected chi connectivity index (χ1v) is 6.68. The van der Waals surface area contributed by atoms with Crippen LogP contribution in [0.3, 0.4) is 0 Å². The molecule has 0 saturated heterocycles. The number of aromatic nitrogens is 2. The fourth-order valence-electron chi connectivity index (χ4n) is 1.37. The van der Waals surface area contributed by atoms with Crippen molar-refractivity contribution in [3.63, 3.8) is 0 Å². The first kappa shape index (κ1) is 14.5. The summed E-state index contributed by atoms with van der Waals surface area (Å²) in [5.74, 6) is 0.692. The van der Waals surface area contributed by atoms with E-state index in [1.165, 1.54) is 0 Å². The standard InChI is InChI=1S/C11H20N2O3S/c1-4-15-10(16-5-2)8-17-11-12-6-9(7-14)13(11)3/h6,10,14H,4-5,7-8H2,1-3H3. The van der Waals surface area contributed by atoms with Gasteiger partial charge in [-0.2, -0.15) is 0 Å². The molecule has 1 N–H and O–H groups in total. The van der Waals surface area contributed by atoms with Gasteiger partial charge in [-0.15, -0.1) is 0 Å². The Morgan fingerprint density at radius 2 is 2.06 bits per heavy atom. The number of rotatable bonds is 8. The molecule has 1 aromatic heterocycles. The average Bonchev–Trinajstić information content (AvgIpc) is 2.68. The monoisotopic (exact) mass is 260 g/mol. The fourth-order valence-corrected chi connectivity index (χ4v) is 2.28. The summed E-state index contributed by atoms with van der Waals surface area (Å²) in [6.45, 7) is 5.16. The number of hydrogen-bond acceptors (Lipinski definition) is 5. The Labute approximate surface area is 106 Å². The van der Waals surface area contributed by atoms with Crippen LogP contribution in [0.4, 0.5) is 0 Å². The van der Waals surface area contributed by atoms with Crippen LogP contribution in [0, 0.1) is 0 Å². The van der Waals surface area contributed by atoms with Gasteiger partial charge in [0.25, 0.3) is 0 Å². The molecule has 1 aromatic rings. The van der Waals surface area contributed by atoms with Crippen molar-refractivity contribution in [2.24, 2.45) is 7.05 Å². The largest absolute Gasteiger partial charge is 0.390 e. The molecule has 5 nitrogen and oxygen atoms in total. The minimum Gasteiger partial charge on any atom is -0.390 e. The number of hydrogen-bond donors (Lipinski definition) is 1. The van der Waals surface area contributed by atoms with E-state index < -0.39 is 0 Å². The Kier molecular flexibility index (Phi) is 6.57. The summed E-state index contributed by atoms with van der Waals surface area (Å²) in [7, 11) is 1.89. The van der Waals surface area contributed by atoms with Crippen LogP contribution >= 0.6 is 11.8 Å². The molecule has 0 amide bonds. The molecule has 0 aliphatic carbocycles. The number of ether oxygens (including phenoxy) is 2. The van der Waals surface area contributed by atoms with Crippen molar-refractivity contribution in [1.29, 1.82) is 0 Å². The summed E-state index contributed by atoms with van der Waals surface area (Å²) < 4.78 is 12.8. The molecule has 0 spiro atoms. The molecule has 0 aliphatic rings. The highest BCUT2D eigenvalue weighted by molar-refractivity contribution is 7.99. The smallest absolute Gasteiger partial charge is 0.168 e. The van der Waals surface area contributed by atoms with Crippen LogP contribution in [0.1, 0.15) is 19.5 Å². The highest BCUT2D eigenvalue weighted by Crippen LogP contribution is 2.19. The van der Waals surface area contributed by atoms with Crippen molar-refractivity contribution in [1.82, 2.24) is 9.55 Å². The SMILES string of the molecule is CCOC(CSc1ncc(CO)n1C)OCC. The van der Waals surface area contributed by atoms with E-state index in [0.29, 0.717) is 19.0 Å². The summed E-state index contributed by atoms with van der Waals surface area (Å²) in [6.07, 6.45) is 1.47. The van der Waals surface area contributed by atoms with Crippen LogP contribution in [0.5, 0.6) is 0 Å². The molecule has 6 heteroatoms. The quantitative estimate of drug-likeness (QED) is 0.565. The Bertz CT molecular complexity index is 325. The van der Waals surface area contributed by atoms with Crippen molar-refractivity contribution in [3.8, 4) is 0 Å². The molecule has 0 saturated carbocycles. The van der Waals surface area contributed by atoms with Crippen LogP contribution < -0.4 is 0 Å². The molecule has 98 valence electrons. The van der Waals surface area contributed by atoms with Crippen molar-refractivity contribution in [2.45, 2.75) is 31.9 Å². The number of thioether (sulfide) groups is 1. The maximum absolute atomic E-state index is 9.06. The topological polar surface area (TPSA) is 56.5 Å². The molecule has 0 bridgehead atoms. The zero-order valence-corrected chi connectivity index (χ0v) is 11.4. The molecule has 1 rings (SSSR count). The van der Waals surface area contributed by atoms with E-state index in [1.54, 1.807) is 18.0 Å². The average molecular weight is 260 g/mol. The van der Waals surface area contributed by atoms with Crippen LogP contribution in [-0.2, 0) is 23.1 Å². The minimum absolute atomic E-state index is 0.00437. The van der Waals surface area contributed by atoms with E-state index >= 15 is 0 Å². The van der Waals surface area contributed by atoms with Gasteiger partial charge in [0.05, 0.1) is 24.3 Å². The van der Waals surface area contributed by atoms with Crippen LogP contribution in [0.15, 0.2) is 11.4 Å². The van der Waals surface area contributed by atoms with Gasteiger partial charge in [-0.3, -0.25) is 0 Å². The molecule has 0 unspecified atom stereocenters. The predicted octanol–water partition coefficient (Wildman–Crippen LogP) is 1.40. The molecular formula is C11H20N2O3S. The van der Waals surface area contributed by atoms with Crippen molar-refractivity contribution in [3.05, 3.63) is 11.9 Å². The van der Waals surface area contributed by atoms with Gasteiger partial charge in [-0.05, 0) is 13.8 Å². The molecule has 0 aliphatic heterocycles. The van der Waals surface area contributed by atoms with Gasteiger partial charge in [0.15, 0.2) is 11.4 Å². The van der Waals surface area contributed by atoms with Crippen molar-refractivity contribution >= 4 is 11.8 Å². The summed E-state index contributed by atoms with van der Waals surface area (Å²) in [5.41, 5.74) is 0.803. The number of nitrogens with zero attached hydrogens (tertiary/aromatic N) is 2. The summed E-state index contributed by atoms with van der Waals surface area (Å²) in [6, 6.07) is 0. The number of aliphatic hydroxyl groups excluding tert-OH is 1. The summed E-state index contributed by atoms with van der Waals surface area (Å²) in [4.78, 5) is 4.23. The third kappa shape index (κ3) is 4.31. The zero-order chi connectivity index (χ0) is 12.7. The third-order valence-electron chi connectivity index (χ3n) is 2.26. The fraction of sp³-hybridized carbons (Fsp3) is 0.727. The van der Waals surface area contributed by atoms with Gasteiger partial charge < -0.3 is 19.1 Å². The van der Waals surface area contributed by atoms with Gasteiger partial charge in [-0.25, -0.2) is 4.98 Å². The van der Waals surface area contributed by atoms with Gasteiger partial charge >= 0.3 is 0 Å². The first-order valence-electron chi connectivity index (χ1n) is 5.70. The normalized spacial score (nSPS) is 11.4. The van der Waals surface area contributed by atoms with Gasteiger partial charge in [0.1, 0.15) is 0 Å². The van der Waals surface area contributed by atoms with E-state index in [2.05, 4.69) is 4.98 Å². The van der Waals surface area contributed by atoms with E-state index in [9.17, 15) is 0 Å². The Morgan fingerprint density at radius 3 is 2.53 bits per heavy atom. The number of imidazole rings is 1. The lowest BCUT2D eigenvalue weighted by molar-refractivity contribution is -0.120.